The quantitative estimate of drug-likeness (QED) is 0.841. The molecule has 0 heterocycles. The zero-order valence-electron chi connectivity index (χ0n) is 10.9. The monoisotopic (exact) mass is 275 g/mol. The molecule has 2 aromatic carbocycles. The van der Waals surface area contributed by atoms with E-state index in [9.17, 15) is 9.18 Å². The molecule has 0 fully saturated rings. The summed E-state index contributed by atoms with van der Waals surface area (Å²) in [6.07, 6.45) is 0. The first kappa shape index (κ1) is 13.9. The fourth-order valence-electron chi connectivity index (χ4n) is 1.76. The Bertz CT molecular complexity index is 656. The molecule has 2 rings (SSSR count). The normalized spacial score (nSPS) is 10.3. The number of anilines is 1. The van der Waals surface area contributed by atoms with Crippen LogP contribution in [0, 0.1) is 12.7 Å². The number of nitrogen functional groups attached to an aromatic ring is 1. The first-order valence-corrected chi connectivity index (χ1v) is 5.98. The number of benzene rings is 2. The van der Waals surface area contributed by atoms with E-state index in [1.807, 2.05) is 6.92 Å². The number of aromatic carboxylic acids is 1. The molecule has 0 spiro atoms. The Morgan fingerprint density at radius 2 is 2.05 bits per heavy atom. The summed E-state index contributed by atoms with van der Waals surface area (Å²) in [5.74, 6) is -1.01. The van der Waals surface area contributed by atoms with E-state index < -0.39 is 5.97 Å². The largest absolute Gasteiger partial charge is 0.487 e. The van der Waals surface area contributed by atoms with Crippen molar-refractivity contribution in [2.75, 3.05) is 5.73 Å². The molecule has 0 aliphatic rings. The summed E-state index contributed by atoms with van der Waals surface area (Å²) in [6, 6.07) is 8.69. The molecule has 104 valence electrons. The standard InChI is InChI=1S/C15H14FNO3/c1-9-2-4-12(16)6-11(9)8-20-14-5-3-10(15(18)19)7-13(14)17/h2-7H,8,17H2,1H3,(H,18,19). The van der Waals surface area contributed by atoms with Crippen molar-refractivity contribution in [2.45, 2.75) is 13.5 Å². The molecule has 0 aliphatic heterocycles. The summed E-state index contributed by atoms with van der Waals surface area (Å²) >= 11 is 0. The molecule has 0 saturated carbocycles. The number of nitrogens with two attached hydrogens (primary N) is 1. The fourth-order valence-corrected chi connectivity index (χ4v) is 1.76. The number of hydrogen-bond acceptors (Lipinski definition) is 3. The predicted octanol–water partition coefficient (Wildman–Crippen LogP) is 2.99. The number of rotatable bonds is 4. The molecule has 0 aliphatic carbocycles. The molecule has 2 aromatic rings. The Labute approximate surface area is 115 Å². The number of carboxylic acid groups (broad SMARTS) is 1. The summed E-state index contributed by atoms with van der Waals surface area (Å²) < 4.78 is 18.7. The van der Waals surface area contributed by atoms with Crippen molar-refractivity contribution in [1.82, 2.24) is 0 Å². The third-order valence-corrected chi connectivity index (χ3v) is 2.95. The summed E-state index contributed by atoms with van der Waals surface area (Å²) in [7, 11) is 0. The number of halogens is 1. The van der Waals surface area contributed by atoms with Gasteiger partial charge in [-0.15, -0.1) is 0 Å². The van der Waals surface area contributed by atoms with E-state index in [1.165, 1.54) is 30.3 Å². The minimum Gasteiger partial charge on any atom is -0.487 e. The maximum atomic E-state index is 13.1. The number of hydrogen-bond donors (Lipinski definition) is 2. The number of carbonyl (C=O) groups is 1. The highest BCUT2D eigenvalue weighted by atomic mass is 19.1. The van der Waals surface area contributed by atoms with Crippen LogP contribution in [0.5, 0.6) is 5.75 Å². The second-order valence-electron chi connectivity index (χ2n) is 4.42. The summed E-state index contributed by atoms with van der Waals surface area (Å²) in [4.78, 5) is 10.8. The van der Waals surface area contributed by atoms with Crippen LogP contribution in [0.3, 0.4) is 0 Å². The first-order chi connectivity index (χ1) is 9.47. The Kier molecular flexibility index (Phi) is 3.89. The zero-order chi connectivity index (χ0) is 14.7. The van der Waals surface area contributed by atoms with Gasteiger partial charge < -0.3 is 15.6 Å². The number of ether oxygens (including phenoxy) is 1. The van der Waals surface area contributed by atoms with Gasteiger partial charge in [0.1, 0.15) is 18.2 Å². The predicted molar refractivity (Wildman–Crippen MR) is 73.3 cm³/mol. The number of aryl methyl sites for hydroxylation is 1. The second kappa shape index (κ2) is 5.61. The van der Waals surface area contributed by atoms with Crippen LogP contribution in [-0.4, -0.2) is 11.1 Å². The molecule has 5 heteroatoms. The van der Waals surface area contributed by atoms with Crippen molar-refractivity contribution in [3.8, 4) is 5.75 Å². The Morgan fingerprint density at radius 3 is 2.70 bits per heavy atom. The third-order valence-electron chi connectivity index (χ3n) is 2.95. The van der Waals surface area contributed by atoms with Crippen molar-refractivity contribution in [3.05, 3.63) is 58.9 Å². The van der Waals surface area contributed by atoms with Crippen molar-refractivity contribution in [3.63, 3.8) is 0 Å². The van der Waals surface area contributed by atoms with Gasteiger partial charge in [-0.25, -0.2) is 9.18 Å². The van der Waals surface area contributed by atoms with Gasteiger partial charge in [0.25, 0.3) is 0 Å². The van der Waals surface area contributed by atoms with Crippen molar-refractivity contribution in [1.29, 1.82) is 0 Å². The zero-order valence-corrected chi connectivity index (χ0v) is 10.9. The molecule has 0 aromatic heterocycles. The van der Waals surface area contributed by atoms with Crippen LogP contribution >= 0.6 is 0 Å². The van der Waals surface area contributed by atoms with Gasteiger partial charge in [0, 0.05) is 0 Å². The van der Waals surface area contributed by atoms with Gasteiger partial charge >= 0.3 is 5.97 Å². The maximum Gasteiger partial charge on any atom is 0.335 e. The van der Waals surface area contributed by atoms with Crippen LogP contribution in [0.2, 0.25) is 0 Å². The van der Waals surface area contributed by atoms with Crippen molar-refractivity contribution >= 4 is 11.7 Å². The topological polar surface area (TPSA) is 72.5 Å². The lowest BCUT2D eigenvalue weighted by atomic mass is 10.1. The molecule has 0 amide bonds. The molecular formula is C15H14FNO3. The molecule has 0 radical (unpaired) electrons. The first-order valence-electron chi connectivity index (χ1n) is 5.98. The maximum absolute atomic E-state index is 13.1. The summed E-state index contributed by atoms with van der Waals surface area (Å²) in [5, 5.41) is 8.84. The van der Waals surface area contributed by atoms with E-state index >= 15 is 0 Å². The van der Waals surface area contributed by atoms with E-state index in [0.717, 1.165) is 5.56 Å². The molecule has 0 unspecified atom stereocenters. The summed E-state index contributed by atoms with van der Waals surface area (Å²) in [6.45, 7) is 2.02. The fraction of sp³-hybridized carbons (Fsp3) is 0.133. The van der Waals surface area contributed by atoms with Crippen LogP contribution in [0.1, 0.15) is 21.5 Å². The van der Waals surface area contributed by atoms with Crippen LogP contribution in [0.15, 0.2) is 36.4 Å². The van der Waals surface area contributed by atoms with Crippen LogP contribution in [0.25, 0.3) is 0 Å². The number of carboxylic acids is 1. The molecule has 4 nitrogen and oxygen atoms in total. The van der Waals surface area contributed by atoms with E-state index in [1.54, 1.807) is 6.07 Å². The van der Waals surface area contributed by atoms with E-state index in [0.29, 0.717) is 11.3 Å². The lowest BCUT2D eigenvalue weighted by Gasteiger charge is -2.11. The van der Waals surface area contributed by atoms with Crippen LogP contribution < -0.4 is 10.5 Å². The second-order valence-corrected chi connectivity index (χ2v) is 4.42. The van der Waals surface area contributed by atoms with E-state index in [4.69, 9.17) is 15.6 Å². The molecule has 0 atom stereocenters. The van der Waals surface area contributed by atoms with Crippen molar-refractivity contribution < 1.29 is 19.0 Å². The molecule has 20 heavy (non-hydrogen) atoms. The SMILES string of the molecule is Cc1ccc(F)cc1COc1ccc(C(=O)O)cc1N. The highest BCUT2D eigenvalue weighted by molar-refractivity contribution is 5.89. The smallest absolute Gasteiger partial charge is 0.335 e. The van der Waals surface area contributed by atoms with Gasteiger partial charge in [-0.05, 0) is 48.4 Å². The minimum absolute atomic E-state index is 0.0942. The van der Waals surface area contributed by atoms with Gasteiger partial charge in [-0.1, -0.05) is 6.07 Å². The molecule has 0 bridgehead atoms. The highest BCUT2D eigenvalue weighted by Crippen LogP contribution is 2.24. The van der Waals surface area contributed by atoms with Crippen molar-refractivity contribution in [2.24, 2.45) is 0 Å². The van der Waals surface area contributed by atoms with Gasteiger partial charge in [0.05, 0.1) is 11.3 Å². The third kappa shape index (κ3) is 3.06. The van der Waals surface area contributed by atoms with E-state index in [2.05, 4.69) is 0 Å². The molecule has 0 saturated heterocycles. The Morgan fingerprint density at radius 1 is 1.30 bits per heavy atom. The van der Waals surface area contributed by atoms with Crippen LogP contribution in [0.4, 0.5) is 10.1 Å². The lowest BCUT2D eigenvalue weighted by molar-refractivity contribution is 0.0697. The highest BCUT2D eigenvalue weighted by Gasteiger charge is 2.08. The minimum atomic E-state index is -1.05. The average Bonchev–Trinajstić information content (AvgIpc) is 2.40. The van der Waals surface area contributed by atoms with E-state index in [-0.39, 0.29) is 23.7 Å². The lowest BCUT2D eigenvalue weighted by Crippen LogP contribution is -2.03. The summed E-state index contributed by atoms with van der Waals surface area (Å²) in [5.41, 5.74) is 7.68. The van der Waals surface area contributed by atoms with Gasteiger partial charge in [-0.3, -0.25) is 0 Å². The van der Waals surface area contributed by atoms with Gasteiger partial charge in [-0.2, -0.15) is 0 Å². The molecular weight excluding hydrogens is 261 g/mol. The average molecular weight is 275 g/mol. The Balaban J connectivity index is 2.15. The van der Waals surface area contributed by atoms with Gasteiger partial charge in [0.2, 0.25) is 0 Å². The molecule has 3 N–H and O–H groups in total. The Hall–Kier alpha value is -2.56. The van der Waals surface area contributed by atoms with Gasteiger partial charge in [0.15, 0.2) is 0 Å². The van der Waals surface area contributed by atoms with Crippen LogP contribution in [-0.2, 0) is 6.61 Å².